The Bertz CT molecular complexity index is 687. The smallest absolute Gasteiger partial charge is 0.227 e. The molecule has 1 aromatic heterocycles. The molecule has 5 nitrogen and oxygen atoms in total. The molecule has 0 N–H and O–H groups in total. The van der Waals surface area contributed by atoms with Crippen molar-refractivity contribution < 1.29 is 9.18 Å². The highest BCUT2D eigenvalue weighted by Crippen LogP contribution is 2.16. The molecule has 3 rings (SSSR count). The van der Waals surface area contributed by atoms with Crippen molar-refractivity contribution in [3.63, 3.8) is 0 Å². The average Bonchev–Trinajstić information content (AvgIpc) is 2.57. The number of carbonyl (C=O) groups excluding carboxylic acids is 1. The van der Waals surface area contributed by atoms with Crippen LogP contribution in [-0.4, -0.2) is 47.0 Å². The van der Waals surface area contributed by atoms with Crippen LogP contribution in [0.15, 0.2) is 36.7 Å². The number of nitrogens with zero attached hydrogens (tertiary/aromatic N) is 4. The Morgan fingerprint density at radius 1 is 1.13 bits per heavy atom. The third-order valence-corrected chi connectivity index (χ3v) is 4.05. The second-order valence-electron chi connectivity index (χ2n) is 5.37. The molecule has 1 amide bonds. The monoisotopic (exact) mass is 334 g/mol. The van der Waals surface area contributed by atoms with E-state index in [2.05, 4.69) is 14.9 Å². The lowest BCUT2D eigenvalue weighted by Gasteiger charge is -2.35. The Morgan fingerprint density at radius 2 is 1.83 bits per heavy atom. The summed E-state index contributed by atoms with van der Waals surface area (Å²) in [6.07, 6.45) is 1.73. The predicted octanol–water partition coefficient (Wildman–Crippen LogP) is 2.16. The summed E-state index contributed by atoms with van der Waals surface area (Å²) in [7, 11) is 0. The number of rotatable bonds is 3. The van der Waals surface area contributed by atoms with Crippen molar-refractivity contribution in [3.8, 4) is 0 Å². The van der Waals surface area contributed by atoms with Crippen LogP contribution in [0.4, 0.5) is 10.2 Å². The number of amides is 1. The van der Waals surface area contributed by atoms with Crippen molar-refractivity contribution in [3.05, 3.63) is 53.2 Å². The zero-order valence-electron chi connectivity index (χ0n) is 12.5. The van der Waals surface area contributed by atoms with E-state index in [1.807, 2.05) is 4.90 Å². The lowest BCUT2D eigenvalue weighted by molar-refractivity contribution is -0.130. The number of hydrogen-bond acceptors (Lipinski definition) is 4. The molecule has 7 heteroatoms. The van der Waals surface area contributed by atoms with Crippen molar-refractivity contribution in [2.45, 2.75) is 6.42 Å². The van der Waals surface area contributed by atoms with Gasteiger partial charge in [-0.2, -0.15) is 0 Å². The summed E-state index contributed by atoms with van der Waals surface area (Å²) in [6, 6.07) is 7.76. The van der Waals surface area contributed by atoms with Crippen LogP contribution in [0.25, 0.3) is 0 Å². The van der Waals surface area contributed by atoms with E-state index >= 15 is 0 Å². The number of anilines is 1. The SMILES string of the molecule is O=C(Cc1ccc(F)cc1)N1CCN(c2cc(Cl)ncn2)CC1. The van der Waals surface area contributed by atoms with E-state index in [0.29, 0.717) is 37.8 Å². The van der Waals surface area contributed by atoms with Gasteiger partial charge in [-0.1, -0.05) is 23.7 Å². The van der Waals surface area contributed by atoms with Crippen LogP contribution in [0.3, 0.4) is 0 Å². The average molecular weight is 335 g/mol. The van der Waals surface area contributed by atoms with Crippen LogP contribution >= 0.6 is 11.6 Å². The first kappa shape index (κ1) is 15.7. The minimum Gasteiger partial charge on any atom is -0.353 e. The third-order valence-electron chi connectivity index (χ3n) is 3.84. The standard InChI is InChI=1S/C16H16ClFN4O/c17-14-10-15(20-11-19-14)21-5-7-22(8-6-21)16(23)9-12-1-3-13(18)4-2-12/h1-4,10-11H,5-9H2. The van der Waals surface area contributed by atoms with Crippen LogP contribution in [0.5, 0.6) is 0 Å². The maximum atomic E-state index is 12.9. The van der Waals surface area contributed by atoms with Gasteiger partial charge in [0, 0.05) is 32.2 Å². The van der Waals surface area contributed by atoms with E-state index in [1.54, 1.807) is 18.2 Å². The maximum Gasteiger partial charge on any atom is 0.227 e. The van der Waals surface area contributed by atoms with Gasteiger partial charge < -0.3 is 9.80 Å². The second-order valence-corrected chi connectivity index (χ2v) is 5.76. The summed E-state index contributed by atoms with van der Waals surface area (Å²) < 4.78 is 12.9. The summed E-state index contributed by atoms with van der Waals surface area (Å²) in [5.74, 6) is 0.533. The molecule has 0 unspecified atom stereocenters. The topological polar surface area (TPSA) is 49.3 Å². The Morgan fingerprint density at radius 3 is 2.48 bits per heavy atom. The summed E-state index contributed by atoms with van der Waals surface area (Å²) in [4.78, 5) is 24.3. The summed E-state index contributed by atoms with van der Waals surface area (Å²) >= 11 is 5.88. The van der Waals surface area contributed by atoms with Crippen molar-refractivity contribution >= 4 is 23.3 Å². The molecule has 0 saturated carbocycles. The molecular formula is C16H16ClFN4O. The minimum absolute atomic E-state index is 0.0528. The molecule has 23 heavy (non-hydrogen) atoms. The van der Waals surface area contributed by atoms with Gasteiger partial charge >= 0.3 is 0 Å². The molecule has 120 valence electrons. The van der Waals surface area contributed by atoms with Gasteiger partial charge in [0.15, 0.2) is 0 Å². The number of hydrogen-bond donors (Lipinski definition) is 0. The molecule has 1 fully saturated rings. The van der Waals surface area contributed by atoms with Gasteiger partial charge in [0.25, 0.3) is 0 Å². The van der Waals surface area contributed by atoms with E-state index < -0.39 is 0 Å². The molecule has 0 spiro atoms. The molecule has 0 atom stereocenters. The fourth-order valence-electron chi connectivity index (χ4n) is 2.57. The quantitative estimate of drug-likeness (QED) is 0.807. The molecule has 0 bridgehead atoms. The largest absolute Gasteiger partial charge is 0.353 e. The highest BCUT2D eigenvalue weighted by molar-refractivity contribution is 6.29. The van der Waals surface area contributed by atoms with Crippen molar-refractivity contribution in [2.24, 2.45) is 0 Å². The van der Waals surface area contributed by atoms with E-state index in [0.717, 1.165) is 11.4 Å². The Balaban J connectivity index is 1.56. The van der Waals surface area contributed by atoms with E-state index in [-0.39, 0.29) is 11.7 Å². The van der Waals surface area contributed by atoms with E-state index in [9.17, 15) is 9.18 Å². The van der Waals surface area contributed by atoms with Crippen LogP contribution < -0.4 is 4.90 Å². The fraction of sp³-hybridized carbons (Fsp3) is 0.312. The van der Waals surface area contributed by atoms with E-state index in [4.69, 9.17) is 11.6 Å². The molecule has 2 heterocycles. The number of carbonyl (C=O) groups is 1. The number of aromatic nitrogens is 2. The molecule has 0 aliphatic carbocycles. The first-order valence-corrected chi connectivity index (χ1v) is 7.74. The van der Waals surface area contributed by atoms with Crippen molar-refractivity contribution in [1.29, 1.82) is 0 Å². The summed E-state index contributed by atoms with van der Waals surface area (Å²) in [5, 5.41) is 0.407. The van der Waals surface area contributed by atoms with E-state index in [1.165, 1.54) is 18.5 Å². The Labute approximate surface area is 138 Å². The second kappa shape index (κ2) is 6.91. The number of halogens is 2. The summed E-state index contributed by atoms with van der Waals surface area (Å²) in [6.45, 7) is 2.65. The summed E-state index contributed by atoms with van der Waals surface area (Å²) in [5.41, 5.74) is 0.821. The van der Waals surface area contributed by atoms with Gasteiger partial charge in [-0.15, -0.1) is 0 Å². The fourth-order valence-corrected chi connectivity index (χ4v) is 2.71. The van der Waals surface area contributed by atoms with Gasteiger partial charge in [-0.25, -0.2) is 14.4 Å². The van der Waals surface area contributed by atoms with Crippen LogP contribution in [-0.2, 0) is 11.2 Å². The maximum absolute atomic E-state index is 12.9. The van der Waals surface area contributed by atoms with Gasteiger partial charge in [0.1, 0.15) is 23.1 Å². The van der Waals surface area contributed by atoms with Crippen LogP contribution in [0.2, 0.25) is 5.15 Å². The zero-order valence-corrected chi connectivity index (χ0v) is 13.2. The molecule has 2 aromatic rings. The highest BCUT2D eigenvalue weighted by Gasteiger charge is 2.22. The first-order valence-electron chi connectivity index (χ1n) is 7.36. The van der Waals surface area contributed by atoms with Gasteiger partial charge in [0.2, 0.25) is 5.91 Å². The Hall–Kier alpha value is -2.21. The number of piperazine rings is 1. The van der Waals surface area contributed by atoms with Crippen molar-refractivity contribution in [2.75, 3.05) is 31.1 Å². The third kappa shape index (κ3) is 3.96. The van der Waals surface area contributed by atoms with Gasteiger partial charge in [-0.05, 0) is 17.7 Å². The lowest BCUT2D eigenvalue weighted by atomic mass is 10.1. The highest BCUT2D eigenvalue weighted by atomic mass is 35.5. The number of benzene rings is 1. The normalized spacial score (nSPS) is 14.9. The van der Waals surface area contributed by atoms with Crippen molar-refractivity contribution in [1.82, 2.24) is 14.9 Å². The molecule has 1 aliphatic heterocycles. The van der Waals surface area contributed by atoms with Crippen LogP contribution in [0, 0.1) is 5.82 Å². The predicted molar refractivity (Wildman–Crippen MR) is 85.9 cm³/mol. The molecular weight excluding hydrogens is 319 g/mol. The first-order chi connectivity index (χ1) is 11.1. The molecule has 1 aliphatic rings. The van der Waals surface area contributed by atoms with Gasteiger partial charge in [0.05, 0.1) is 6.42 Å². The van der Waals surface area contributed by atoms with Gasteiger partial charge in [-0.3, -0.25) is 4.79 Å². The molecule has 1 saturated heterocycles. The lowest BCUT2D eigenvalue weighted by Crippen LogP contribution is -2.49. The zero-order chi connectivity index (χ0) is 16.2. The Kier molecular flexibility index (Phi) is 4.71. The molecule has 0 radical (unpaired) electrons. The molecule has 1 aromatic carbocycles. The van der Waals surface area contributed by atoms with Crippen LogP contribution in [0.1, 0.15) is 5.56 Å². The minimum atomic E-state index is -0.293.